The van der Waals surface area contributed by atoms with Crippen LogP contribution in [0.5, 0.6) is 5.75 Å². The molecule has 1 fully saturated rings. The zero-order chi connectivity index (χ0) is 28.3. The van der Waals surface area contributed by atoms with Gasteiger partial charge >= 0.3 is 0 Å². The molecule has 0 radical (unpaired) electrons. The van der Waals surface area contributed by atoms with Gasteiger partial charge in [-0.05, 0) is 36.3 Å². The lowest BCUT2D eigenvalue weighted by molar-refractivity contribution is 0.0521. The van der Waals surface area contributed by atoms with Gasteiger partial charge in [0.15, 0.2) is 11.5 Å². The fourth-order valence-corrected chi connectivity index (χ4v) is 4.84. The topological polar surface area (TPSA) is 146 Å². The quantitative estimate of drug-likeness (QED) is 0.314. The molecule has 1 aromatic carbocycles. The molecule has 12 heteroatoms. The van der Waals surface area contributed by atoms with Crippen LogP contribution in [0, 0.1) is 23.4 Å². The van der Waals surface area contributed by atoms with Gasteiger partial charge in [0.2, 0.25) is 0 Å². The van der Waals surface area contributed by atoms with Crippen LogP contribution in [0.25, 0.3) is 11.3 Å². The lowest BCUT2D eigenvalue weighted by Gasteiger charge is -2.36. The first-order chi connectivity index (χ1) is 18.6. The number of carbonyl (C=O) groups excluding carboxylic acids is 1. The first-order valence-electron chi connectivity index (χ1n) is 12.4. The Balaban J connectivity index is 1.64. The molecule has 1 saturated carbocycles. The number of amides is 1. The molecule has 6 N–H and O–H groups in total. The number of aliphatic hydroxyl groups is 1. The largest absolute Gasteiger partial charge is 0.491 e. The minimum Gasteiger partial charge on any atom is -0.491 e. The van der Waals surface area contributed by atoms with Crippen LogP contribution in [0.2, 0.25) is 0 Å². The van der Waals surface area contributed by atoms with Crippen LogP contribution in [0.15, 0.2) is 36.7 Å². The number of anilines is 2. The predicted molar refractivity (Wildman–Crippen MR) is 139 cm³/mol. The van der Waals surface area contributed by atoms with Crippen LogP contribution in [0.1, 0.15) is 41.7 Å². The van der Waals surface area contributed by atoms with E-state index in [0.717, 1.165) is 23.8 Å². The second-order valence-corrected chi connectivity index (χ2v) is 9.58. The molecule has 3 aromatic rings. The van der Waals surface area contributed by atoms with Crippen molar-refractivity contribution in [1.82, 2.24) is 9.97 Å². The van der Waals surface area contributed by atoms with Gasteiger partial charge in [-0.3, -0.25) is 9.78 Å². The first kappa shape index (κ1) is 28.3. The molecular weight excluding hydrogens is 515 g/mol. The number of nitrogen functional groups attached to an aromatic ring is 1. The number of nitrogens with two attached hydrogens (primary N) is 2. The minimum absolute atomic E-state index is 0.0517. The van der Waals surface area contributed by atoms with Crippen molar-refractivity contribution < 1.29 is 32.5 Å². The highest BCUT2D eigenvalue weighted by atomic mass is 19.1. The summed E-state index contributed by atoms with van der Waals surface area (Å²) in [7, 11) is 1.45. The molecule has 4 rings (SSSR count). The summed E-state index contributed by atoms with van der Waals surface area (Å²) in [5.41, 5.74) is 10.9. The maximum Gasteiger partial charge on any atom is 0.276 e. The molecule has 2 aromatic heterocycles. The number of nitrogens with zero attached hydrogens (tertiary/aromatic N) is 2. The number of aromatic nitrogens is 2. The average molecular weight is 546 g/mol. The summed E-state index contributed by atoms with van der Waals surface area (Å²) in [6.07, 6.45) is 3.50. The number of ether oxygens (including phenoxy) is 2. The van der Waals surface area contributed by atoms with E-state index >= 15 is 0 Å². The van der Waals surface area contributed by atoms with E-state index in [-0.39, 0.29) is 36.5 Å². The molecule has 9 nitrogen and oxygen atoms in total. The van der Waals surface area contributed by atoms with Crippen LogP contribution in [-0.4, -0.2) is 53.5 Å². The van der Waals surface area contributed by atoms with Crippen molar-refractivity contribution in [1.29, 1.82) is 0 Å². The Morgan fingerprint density at radius 1 is 1.15 bits per heavy atom. The molecule has 0 aliphatic heterocycles. The number of hydrogen-bond donors (Lipinski definition) is 4. The van der Waals surface area contributed by atoms with Crippen molar-refractivity contribution in [2.45, 2.75) is 37.8 Å². The van der Waals surface area contributed by atoms with Gasteiger partial charge in [-0.25, -0.2) is 18.2 Å². The van der Waals surface area contributed by atoms with Crippen molar-refractivity contribution in [3.05, 3.63) is 65.4 Å². The van der Waals surface area contributed by atoms with E-state index in [9.17, 15) is 23.1 Å². The van der Waals surface area contributed by atoms with Crippen molar-refractivity contribution >= 4 is 17.3 Å². The van der Waals surface area contributed by atoms with Crippen LogP contribution in [0.3, 0.4) is 0 Å². The second kappa shape index (κ2) is 12.0. The molecule has 1 aliphatic carbocycles. The number of methoxy groups -OCH3 is 1. The lowest BCUT2D eigenvalue weighted by Crippen LogP contribution is -2.44. The Labute approximate surface area is 223 Å². The van der Waals surface area contributed by atoms with Crippen LogP contribution >= 0.6 is 0 Å². The van der Waals surface area contributed by atoms with Crippen molar-refractivity contribution in [2.75, 3.05) is 31.4 Å². The molecule has 39 heavy (non-hydrogen) atoms. The Morgan fingerprint density at radius 3 is 2.54 bits per heavy atom. The van der Waals surface area contributed by atoms with Gasteiger partial charge in [0.1, 0.15) is 29.7 Å². The van der Waals surface area contributed by atoms with E-state index in [1.165, 1.54) is 13.3 Å². The smallest absolute Gasteiger partial charge is 0.276 e. The molecule has 0 saturated heterocycles. The van der Waals surface area contributed by atoms with Gasteiger partial charge in [0, 0.05) is 37.5 Å². The number of halogens is 3. The number of pyridine rings is 2. The van der Waals surface area contributed by atoms with Gasteiger partial charge in [0.05, 0.1) is 35.8 Å². The summed E-state index contributed by atoms with van der Waals surface area (Å²) in [4.78, 5) is 21.2. The Hall–Kier alpha value is -3.74. The minimum atomic E-state index is -1.13. The van der Waals surface area contributed by atoms with E-state index in [1.54, 1.807) is 12.3 Å². The molecular formula is C27H30F3N5O4. The number of aliphatic hydroxyl groups excluding tert-OH is 1. The standard InChI is InChI=1S/C27H30F3N5O4/c1-13-7-14(8-21(32)26(13)36)16-3-4-33-12-22(16)34-27(37)25-20(31)11-19(30)24(35-25)23-17(28)9-15(10-18(23)29)39-6-5-38-2/h3-4,9-14,21,26,36H,5-8,31-32H2,1-2H3,(H,34,37)/t13-,14+,21+,26+/m0/s1. The number of carbonyl (C=O) groups is 1. The molecule has 1 amide bonds. The molecule has 4 atom stereocenters. The molecule has 2 heterocycles. The Morgan fingerprint density at radius 2 is 1.87 bits per heavy atom. The van der Waals surface area contributed by atoms with Gasteiger partial charge in [-0.1, -0.05) is 6.92 Å². The number of rotatable bonds is 8. The van der Waals surface area contributed by atoms with Gasteiger partial charge in [0.25, 0.3) is 5.91 Å². The van der Waals surface area contributed by atoms with Gasteiger partial charge < -0.3 is 31.4 Å². The monoisotopic (exact) mass is 545 g/mol. The number of benzene rings is 1. The van der Waals surface area contributed by atoms with E-state index in [0.29, 0.717) is 18.5 Å². The number of hydrogen-bond acceptors (Lipinski definition) is 8. The average Bonchev–Trinajstić information content (AvgIpc) is 2.88. The maximum atomic E-state index is 14.9. The van der Waals surface area contributed by atoms with Crippen LogP contribution < -0.4 is 21.5 Å². The Bertz CT molecular complexity index is 1320. The fraction of sp³-hybridized carbons (Fsp3) is 0.370. The summed E-state index contributed by atoms with van der Waals surface area (Å²) >= 11 is 0. The highest BCUT2D eigenvalue weighted by Gasteiger charge is 2.34. The first-order valence-corrected chi connectivity index (χ1v) is 12.4. The molecule has 1 aliphatic rings. The maximum absolute atomic E-state index is 14.9. The summed E-state index contributed by atoms with van der Waals surface area (Å²) in [6.45, 7) is 2.15. The SMILES string of the molecule is COCCOc1cc(F)c(-c2nc(C(=O)Nc3cnccc3[C@H]3C[C@@H](N)[C@H](O)[C@@H](C)C3)c(N)cc2F)c(F)c1. The highest BCUT2D eigenvalue weighted by Crippen LogP contribution is 2.39. The van der Waals surface area contributed by atoms with E-state index < -0.39 is 52.5 Å². The lowest BCUT2D eigenvalue weighted by atomic mass is 9.74. The molecule has 0 unspecified atom stereocenters. The third kappa shape index (κ3) is 6.13. The van der Waals surface area contributed by atoms with Gasteiger partial charge in [-0.15, -0.1) is 0 Å². The molecule has 0 spiro atoms. The van der Waals surface area contributed by atoms with E-state index in [1.807, 2.05) is 6.92 Å². The van der Waals surface area contributed by atoms with Crippen LogP contribution in [0.4, 0.5) is 24.5 Å². The summed E-state index contributed by atoms with van der Waals surface area (Å²) in [5, 5.41) is 12.9. The third-order valence-electron chi connectivity index (χ3n) is 6.81. The highest BCUT2D eigenvalue weighted by molar-refractivity contribution is 6.07. The summed E-state index contributed by atoms with van der Waals surface area (Å²) < 4.78 is 54.7. The predicted octanol–water partition coefficient (Wildman–Crippen LogP) is 3.62. The molecule has 208 valence electrons. The second-order valence-electron chi connectivity index (χ2n) is 9.58. The van der Waals surface area contributed by atoms with E-state index in [2.05, 4.69) is 15.3 Å². The normalized spacial score (nSPS) is 21.0. The molecule has 0 bridgehead atoms. The summed E-state index contributed by atoms with van der Waals surface area (Å²) in [5.74, 6) is -4.45. The Kier molecular flexibility index (Phi) is 8.68. The van der Waals surface area contributed by atoms with Crippen molar-refractivity contribution in [3.8, 4) is 17.0 Å². The van der Waals surface area contributed by atoms with Crippen molar-refractivity contribution in [3.63, 3.8) is 0 Å². The van der Waals surface area contributed by atoms with Crippen LogP contribution in [-0.2, 0) is 4.74 Å². The fourth-order valence-electron chi connectivity index (χ4n) is 4.84. The van der Waals surface area contributed by atoms with Gasteiger partial charge in [-0.2, -0.15) is 0 Å². The third-order valence-corrected chi connectivity index (χ3v) is 6.81. The number of nitrogens with one attached hydrogen (secondary N) is 1. The summed E-state index contributed by atoms with van der Waals surface area (Å²) in [6, 6.07) is 3.87. The van der Waals surface area contributed by atoms with E-state index in [4.69, 9.17) is 20.9 Å². The zero-order valence-electron chi connectivity index (χ0n) is 21.5. The zero-order valence-corrected chi connectivity index (χ0v) is 21.5. The van der Waals surface area contributed by atoms with Crippen molar-refractivity contribution in [2.24, 2.45) is 11.7 Å².